The summed E-state index contributed by atoms with van der Waals surface area (Å²) in [5.41, 5.74) is 0.680. The summed E-state index contributed by atoms with van der Waals surface area (Å²) in [5, 5.41) is 17.8. The van der Waals surface area contributed by atoms with E-state index in [0.29, 0.717) is 17.9 Å². The first-order chi connectivity index (χ1) is 7.58. The molecule has 0 aromatic carbocycles. The predicted octanol–water partition coefficient (Wildman–Crippen LogP) is 2.49. The molecular weight excluding hydrogens is 228 g/mol. The van der Waals surface area contributed by atoms with E-state index >= 15 is 0 Å². The third-order valence-corrected chi connectivity index (χ3v) is 4.10. The van der Waals surface area contributed by atoms with Crippen LogP contribution in [0.1, 0.15) is 44.2 Å². The van der Waals surface area contributed by atoms with Crippen molar-refractivity contribution in [1.82, 2.24) is 0 Å². The van der Waals surface area contributed by atoms with Crippen LogP contribution < -0.4 is 0 Å². The Hall–Kier alpha value is -1.36. The molecule has 1 heterocycles. The Bertz CT molecular complexity index is 431. The van der Waals surface area contributed by atoms with Crippen LogP contribution in [0.25, 0.3) is 0 Å². The lowest BCUT2D eigenvalue weighted by Crippen LogP contribution is -2.14. The zero-order valence-electron chi connectivity index (χ0n) is 8.60. The quantitative estimate of drug-likeness (QED) is 0.847. The van der Waals surface area contributed by atoms with E-state index in [9.17, 15) is 9.59 Å². The minimum absolute atomic E-state index is 0.117. The van der Waals surface area contributed by atoms with Gasteiger partial charge in [0.25, 0.3) is 0 Å². The standard InChI is InChI=1S/C11H12O4S/c12-10(13)8-5-7(4-6-2-1-3-6)9(16-8)11(14)15/h5-6H,1-4H2,(H,12,13)(H,14,15). The molecule has 2 N–H and O–H groups in total. The minimum Gasteiger partial charge on any atom is -0.477 e. The lowest BCUT2D eigenvalue weighted by atomic mass is 9.81. The first-order valence-corrected chi connectivity index (χ1v) is 5.99. The molecule has 1 aliphatic carbocycles. The molecule has 0 saturated heterocycles. The molecule has 0 bridgehead atoms. The average Bonchev–Trinajstić information content (AvgIpc) is 2.55. The fourth-order valence-corrected chi connectivity index (χ4v) is 2.74. The second-order valence-electron chi connectivity index (χ2n) is 4.08. The zero-order valence-corrected chi connectivity index (χ0v) is 9.42. The molecule has 1 aromatic rings. The summed E-state index contributed by atoms with van der Waals surface area (Å²) in [6, 6.07) is 1.51. The SMILES string of the molecule is O=C(O)c1cc(CC2CCC2)c(C(=O)O)s1. The first-order valence-electron chi connectivity index (χ1n) is 5.17. The van der Waals surface area contributed by atoms with Crippen LogP contribution in [0.4, 0.5) is 0 Å². The molecular formula is C11H12O4S. The molecule has 0 spiro atoms. The third kappa shape index (κ3) is 2.09. The Morgan fingerprint density at radius 1 is 1.31 bits per heavy atom. The molecule has 1 saturated carbocycles. The summed E-state index contributed by atoms with van der Waals surface area (Å²) in [4.78, 5) is 22.0. The summed E-state index contributed by atoms with van der Waals surface area (Å²) >= 11 is 0.853. The number of rotatable bonds is 4. The molecule has 0 atom stereocenters. The van der Waals surface area contributed by atoms with Gasteiger partial charge in [0.2, 0.25) is 0 Å². The molecule has 4 nitrogen and oxygen atoms in total. The van der Waals surface area contributed by atoms with E-state index in [1.807, 2.05) is 0 Å². The van der Waals surface area contributed by atoms with Crippen LogP contribution in [0.2, 0.25) is 0 Å². The summed E-state index contributed by atoms with van der Waals surface area (Å²) in [7, 11) is 0. The van der Waals surface area contributed by atoms with Crippen molar-refractivity contribution in [3.8, 4) is 0 Å². The average molecular weight is 240 g/mol. The number of aromatic carboxylic acids is 2. The van der Waals surface area contributed by atoms with E-state index in [1.165, 1.54) is 12.5 Å². The van der Waals surface area contributed by atoms with Gasteiger partial charge in [-0.3, -0.25) is 0 Å². The van der Waals surface area contributed by atoms with Gasteiger partial charge >= 0.3 is 11.9 Å². The second-order valence-corrected chi connectivity index (χ2v) is 5.13. The lowest BCUT2D eigenvalue weighted by Gasteiger charge is -2.24. The number of thiophene rings is 1. The highest BCUT2D eigenvalue weighted by molar-refractivity contribution is 7.15. The van der Waals surface area contributed by atoms with E-state index in [-0.39, 0.29) is 9.75 Å². The molecule has 0 radical (unpaired) electrons. The summed E-state index contributed by atoms with van der Waals surface area (Å²) in [5.74, 6) is -1.53. The van der Waals surface area contributed by atoms with Crippen LogP contribution in [0, 0.1) is 5.92 Å². The minimum atomic E-state index is -1.05. The highest BCUT2D eigenvalue weighted by Gasteiger charge is 2.24. The molecule has 1 fully saturated rings. The number of carboxylic acids is 2. The van der Waals surface area contributed by atoms with E-state index in [1.54, 1.807) is 0 Å². The van der Waals surface area contributed by atoms with Gasteiger partial charge in [-0.25, -0.2) is 9.59 Å². The predicted molar refractivity (Wildman–Crippen MR) is 59.3 cm³/mol. The summed E-state index contributed by atoms with van der Waals surface area (Å²) in [6.07, 6.45) is 4.14. The summed E-state index contributed by atoms with van der Waals surface area (Å²) in [6.45, 7) is 0. The largest absolute Gasteiger partial charge is 0.477 e. The van der Waals surface area contributed by atoms with Crippen molar-refractivity contribution in [3.05, 3.63) is 21.4 Å². The lowest BCUT2D eigenvalue weighted by molar-refractivity contribution is 0.0692. The number of hydrogen-bond acceptors (Lipinski definition) is 3. The van der Waals surface area contributed by atoms with Crippen molar-refractivity contribution in [3.63, 3.8) is 0 Å². The van der Waals surface area contributed by atoms with Crippen molar-refractivity contribution in [2.75, 3.05) is 0 Å². The smallest absolute Gasteiger partial charge is 0.346 e. The normalized spacial score (nSPS) is 15.8. The van der Waals surface area contributed by atoms with E-state index in [4.69, 9.17) is 10.2 Å². The maximum Gasteiger partial charge on any atom is 0.346 e. The topological polar surface area (TPSA) is 74.6 Å². The van der Waals surface area contributed by atoms with Crippen LogP contribution in [0.5, 0.6) is 0 Å². The van der Waals surface area contributed by atoms with Gasteiger partial charge in [0.05, 0.1) is 0 Å². The van der Waals surface area contributed by atoms with Crippen molar-refractivity contribution >= 4 is 23.3 Å². The van der Waals surface area contributed by atoms with Crippen LogP contribution in [-0.4, -0.2) is 22.2 Å². The Labute approximate surface area is 96.5 Å². The molecule has 0 amide bonds. The fourth-order valence-electron chi connectivity index (χ4n) is 1.87. The van der Waals surface area contributed by atoms with Gasteiger partial charge in [0.15, 0.2) is 0 Å². The third-order valence-electron chi connectivity index (χ3n) is 2.95. The van der Waals surface area contributed by atoms with Crippen LogP contribution in [0.15, 0.2) is 6.07 Å². The highest BCUT2D eigenvalue weighted by Crippen LogP contribution is 2.33. The monoisotopic (exact) mass is 240 g/mol. The van der Waals surface area contributed by atoms with Crippen molar-refractivity contribution < 1.29 is 19.8 Å². The maximum absolute atomic E-state index is 11.0. The van der Waals surface area contributed by atoms with Crippen LogP contribution in [0.3, 0.4) is 0 Å². The Kier molecular flexibility index (Phi) is 2.96. The van der Waals surface area contributed by atoms with Gasteiger partial charge in [-0.15, -0.1) is 11.3 Å². The number of carbonyl (C=O) groups is 2. The Morgan fingerprint density at radius 2 is 2.00 bits per heavy atom. The van der Waals surface area contributed by atoms with Gasteiger partial charge in [-0.2, -0.15) is 0 Å². The van der Waals surface area contributed by atoms with Gasteiger partial charge < -0.3 is 10.2 Å². The fraction of sp³-hybridized carbons (Fsp3) is 0.455. The van der Waals surface area contributed by atoms with Gasteiger partial charge in [0, 0.05) is 0 Å². The van der Waals surface area contributed by atoms with Crippen molar-refractivity contribution in [1.29, 1.82) is 0 Å². The molecule has 5 heteroatoms. The Balaban J connectivity index is 2.25. The first kappa shape index (κ1) is 11.1. The molecule has 2 rings (SSSR count). The van der Waals surface area contributed by atoms with Gasteiger partial charge in [-0.1, -0.05) is 19.3 Å². The molecule has 1 aromatic heterocycles. The number of hydrogen-bond donors (Lipinski definition) is 2. The van der Waals surface area contributed by atoms with Gasteiger partial charge in [-0.05, 0) is 24.0 Å². The highest BCUT2D eigenvalue weighted by atomic mass is 32.1. The van der Waals surface area contributed by atoms with E-state index < -0.39 is 11.9 Å². The zero-order chi connectivity index (χ0) is 11.7. The van der Waals surface area contributed by atoms with Crippen LogP contribution in [-0.2, 0) is 6.42 Å². The van der Waals surface area contributed by atoms with E-state index in [2.05, 4.69) is 0 Å². The Morgan fingerprint density at radius 3 is 2.44 bits per heavy atom. The van der Waals surface area contributed by atoms with Crippen LogP contribution >= 0.6 is 11.3 Å². The number of carboxylic acid groups (broad SMARTS) is 2. The molecule has 0 aliphatic heterocycles. The van der Waals surface area contributed by atoms with Crippen molar-refractivity contribution in [2.45, 2.75) is 25.7 Å². The molecule has 16 heavy (non-hydrogen) atoms. The van der Waals surface area contributed by atoms with E-state index in [0.717, 1.165) is 24.2 Å². The second kappa shape index (κ2) is 4.25. The molecule has 0 unspecified atom stereocenters. The molecule has 1 aliphatic rings. The maximum atomic E-state index is 11.0. The van der Waals surface area contributed by atoms with Gasteiger partial charge in [0.1, 0.15) is 9.75 Å². The summed E-state index contributed by atoms with van der Waals surface area (Å²) < 4.78 is 0. The molecule has 86 valence electrons. The van der Waals surface area contributed by atoms with Crippen molar-refractivity contribution in [2.24, 2.45) is 5.92 Å².